The maximum Gasteiger partial charge on any atom is 0.408 e. The van der Waals surface area contributed by atoms with E-state index in [1.807, 2.05) is 10.6 Å². The number of rotatable bonds is 4. The Morgan fingerprint density at radius 1 is 1.05 bits per heavy atom. The van der Waals surface area contributed by atoms with Gasteiger partial charge in [-0.3, -0.25) is 0 Å². The van der Waals surface area contributed by atoms with Gasteiger partial charge in [0.1, 0.15) is 42.1 Å². The summed E-state index contributed by atoms with van der Waals surface area (Å²) in [5.41, 5.74) is 1.07. The number of alkyl halides is 3. The van der Waals surface area contributed by atoms with Crippen molar-refractivity contribution >= 4 is 5.82 Å². The van der Waals surface area contributed by atoms with Gasteiger partial charge < -0.3 is 19.1 Å². The van der Waals surface area contributed by atoms with Crippen molar-refractivity contribution in [1.82, 2.24) is 34.2 Å². The number of nitrogens with zero attached hydrogens (tertiary/aromatic N) is 8. The highest BCUT2D eigenvalue weighted by Gasteiger charge is 2.35. The third-order valence-electron chi connectivity index (χ3n) is 7.70. The van der Waals surface area contributed by atoms with Crippen molar-refractivity contribution in [3.8, 4) is 28.7 Å². The third kappa shape index (κ3) is 4.78. The molecule has 0 amide bonds. The number of hydrogen-bond acceptors (Lipinski definition) is 7. The summed E-state index contributed by atoms with van der Waals surface area (Å²) in [6.45, 7) is 4.55. The smallest absolute Gasteiger partial charge is 0.408 e. The van der Waals surface area contributed by atoms with E-state index in [1.54, 1.807) is 19.3 Å². The zero-order chi connectivity index (χ0) is 25.7. The molecular weight excluding hydrogens is 485 g/mol. The number of aromatic nitrogens is 6. The van der Waals surface area contributed by atoms with E-state index in [1.165, 1.54) is 19.3 Å². The normalized spacial score (nSPS) is 21.0. The third-order valence-corrected chi connectivity index (χ3v) is 7.70. The van der Waals surface area contributed by atoms with Crippen LogP contribution in [-0.4, -0.2) is 79.7 Å². The van der Waals surface area contributed by atoms with Gasteiger partial charge in [-0.05, 0) is 58.7 Å². The van der Waals surface area contributed by atoms with Crippen LogP contribution in [0, 0.1) is 12.8 Å². The number of anilines is 1. The Labute approximate surface area is 213 Å². The van der Waals surface area contributed by atoms with Crippen molar-refractivity contribution < 1.29 is 17.9 Å². The van der Waals surface area contributed by atoms with Gasteiger partial charge >= 0.3 is 6.18 Å². The highest BCUT2D eigenvalue weighted by atomic mass is 19.4. The lowest BCUT2D eigenvalue weighted by Gasteiger charge is -2.37. The quantitative estimate of drug-likeness (QED) is 0.522. The molecule has 3 aromatic heterocycles. The Morgan fingerprint density at radius 2 is 1.86 bits per heavy atom. The first-order valence-corrected chi connectivity index (χ1v) is 12.9. The Kier molecular flexibility index (Phi) is 6.09. The van der Waals surface area contributed by atoms with E-state index < -0.39 is 12.7 Å². The van der Waals surface area contributed by atoms with E-state index in [2.05, 4.69) is 31.9 Å². The molecule has 0 saturated carbocycles. The average Bonchev–Trinajstić information content (AvgIpc) is 3.55. The summed E-state index contributed by atoms with van der Waals surface area (Å²) in [4.78, 5) is 18.6. The Balaban J connectivity index is 1.30. The van der Waals surface area contributed by atoms with Crippen LogP contribution in [0.1, 0.15) is 31.5 Å². The largest absolute Gasteiger partial charge is 0.491 e. The number of likely N-dealkylation sites (tertiary alicyclic amines) is 1. The van der Waals surface area contributed by atoms with E-state index in [0.29, 0.717) is 42.4 Å². The number of ether oxygens (including phenoxy) is 1. The topological polar surface area (TPSA) is 77.1 Å². The summed E-state index contributed by atoms with van der Waals surface area (Å²) < 4.78 is 48.2. The SMILES string of the molecule is Cc1nc(-c2cn3c(n2)-c2cnc(N4CCCC4C4CCN(C)CC4)cc2OCC3)n(CC(F)(F)F)n1. The summed E-state index contributed by atoms with van der Waals surface area (Å²) in [7, 11) is 2.19. The first kappa shape index (κ1) is 24.2. The number of imidazole rings is 1. The van der Waals surface area contributed by atoms with Gasteiger partial charge in [-0.1, -0.05) is 0 Å². The van der Waals surface area contributed by atoms with E-state index >= 15 is 0 Å². The fraction of sp³-hybridized carbons (Fsp3) is 0.600. The molecule has 2 fully saturated rings. The number of pyridine rings is 1. The maximum absolute atomic E-state index is 13.1. The van der Waals surface area contributed by atoms with Crippen molar-refractivity contribution in [3.05, 3.63) is 24.3 Å². The standard InChI is InChI=1S/C25H31F3N8O/c1-16-30-24(36(32-16)15-25(26,27)28)19-14-34-10-11-37-21-12-22(29-13-18(21)23(34)31-19)35-7-3-4-20(35)17-5-8-33(2)9-6-17/h12-14,17,20H,3-11,15H2,1-2H3. The van der Waals surface area contributed by atoms with Gasteiger partial charge in [0.25, 0.3) is 0 Å². The molecular formula is C25H31F3N8O. The van der Waals surface area contributed by atoms with Crippen LogP contribution in [0.5, 0.6) is 5.75 Å². The lowest BCUT2D eigenvalue weighted by molar-refractivity contribution is -0.142. The van der Waals surface area contributed by atoms with Crippen LogP contribution in [0.2, 0.25) is 0 Å². The monoisotopic (exact) mass is 516 g/mol. The molecule has 0 radical (unpaired) electrons. The van der Waals surface area contributed by atoms with Crippen LogP contribution in [0.15, 0.2) is 18.5 Å². The fourth-order valence-corrected chi connectivity index (χ4v) is 5.94. The molecule has 3 aliphatic heterocycles. The molecule has 6 rings (SSSR count). The molecule has 0 bridgehead atoms. The average molecular weight is 517 g/mol. The number of hydrogen-bond donors (Lipinski definition) is 0. The van der Waals surface area contributed by atoms with E-state index in [9.17, 15) is 13.2 Å². The van der Waals surface area contributed by atoms with Crippen LogP contribution < -0.4 is 9.64 Å². The van der Waals surface area contributed by atoms with E-state index in [4.69, 9.17) is 9.72 Å². The molecule has 6 heterocycles. The van der Waals surface area contributed by atoms with Gasteiger partial charge in [-0.15, -0.1) is 0 Å². The summed E-state index contributed by atoms with van der Waals surface area (Å²) in [5, 5.41) is 3.94. The highest BCUT2D eigenvalue weighted by molar-refractivity contribution is 5.69. The lowest BCUT2D eigenvalue weighted by Crippen LogP contribution is -2.42. The minimum Gasteiger partial charge on any atom is -0.491 e. The number of halogens is 3. The minimum absolute atomic E-state index is 0.0977. The van der Waals surface area contributed by atoms with Crippen LogP contribution in [0.3, 0.4) is 0 Å². The second kappa shape index (κ2) is 9.30. The summed E-state index contributed by atoms with van der Waals surface area (Å²) in [6, 6.07) is 2.49. The maximum atomic E-state index is 13.1. The fourth-order valence-electron chi connectivity index (χ4n) is 5.94. The van der Waals surface area contributed by atoms with Crippen LogP contribution in [-0.2, 0) is 13.1 Å². The van der Waals surface area contributed by atoms with Crippen molar-refractivity contribution in [2.75, 3.05) is 38.2 Å². The zero-order valence-corrected chi connectivity index (χ0v) is 21.1. The van der Waals surface area contributed by atoms with Gasteiger partial charge in [0, 0.05) is 31.0 Å². The van der Waals surface area contributed by atoms with Gasteiger partial charge in [-0.2, -0.15) is 18.3 Å². The summed E-state index contributed by atoms with van der Waals surface area (Å²) in [6.07, 6.45) is 3.84. The predicted molar refractivity (Wildman–Crippen MR) is 131 cm³/mol. The number of fused-ring (bicyclic) bond motifs is 3. The van der Waals surface area contributed by atoms with Crippen LogP contribution in [0.25, 0.3) is 22.9 Å². The van der Waals surface area contributed by atoms with E-state index in [-0.39, 0.29) is 11.6 Å². The molecule has 3 aromatic rings. The molecule has 3 aliphatic rings. The van der Waals surface area contributed by atoms with Crippen molar-refractivity contribution in [2.24, 2.45) is 5.92 Å². The first-order chi connectivity index (χ1) is 17.7. The highest BCUT2D eigenvalue weighted by Crippen LogP contribution is 2.39. The van der Waals surface area contributed by atoms with Gasteiger partial charge in [0.05, 0.1) is 12.1 Å². The molecule has 1 unspecified atom stereocenters. The van der Waals surface area contributed by atoms with Crippen molar-refractivity contribution in [3.63, 3.8) is 0 Å². The molecule has 37 heavy (non-hydrogen) atoms. The molecule has 198 valence electrons. The zero-order valence-electron chi connectivity index (χ0n) is 21.1. The lowest BCUT2D eigenvalue weighted by atomic mass is 9.88. The van der Waals surface area contributed by atoms with Crippen LogP contribution in [0.4, 0.5) is 19.0 Å². The second-order valence-corrected chi connectivity index (χ2v) is 10.3. The van der Waals surface area contributed by atoms with Crippen LogP contribution >= 0.6 is 0 Å². The van der Waals surface area contributed by atoms with Gasteiger partial charge in [0.2, 0.25) is 0 Å². The number of aryl methyl sites for hydroxylation is 1. The minimum atomic E-state index is -4.41. The Bertz CT molecular complexity index is 1280. The molecule has 2 saturated heterocycles. The molecule has 12 heteroatoms. The Morgan fingerprint density at radius 3 is 2.65 bits per heavy atom. The van der Waals surface area contributed by atoms with Crippen molar-refractivity contribution in [2.45, 2.75) is 57.9 Å². The molecule has 0 N–H and O–H groups in total. The summed E-state index contributed by atoms with van der Waals surface area (Å²) in [5.74, 6) is 3.25. The van der Waals surface area contributed by atoms with E-state index in [0.717, 1.165) is 42.1 Å². The number of piperidine rings is 1. The predicted octanol–water partition coefficient (Wildman–Crippen LogP) is 3.78. The van der Waals surface area contributed by atoms with Crippen molar-refractivity contribution in [1.29, 1.82) is 0 Å². The molecule has 0 aromatic carbocycles. The van der Waals surface area contributed by atoms with Gasteiger partial charge in [-0.25, -0.2) is 19.6 Å². The molecule has 1 atom stereocenters. The van der Waals surface area contributed by atoms with Gasteiger partial charge in [0.15, 0.2) is 5.82 Å². The molecule has 0 aliphatic carbocycles. The first-order valence-electron chi connectivity index (χ1n) is 12.9. The molecule has 0 spiro atoms. The second-order valence-electron chi connectivity index (χ2n) is 10.3. The Hall–Kier alpha value is -3.15. The summed E-state index contributed by atoms with van der Waals surface area (Å²) >= 11 is 0. The molecule has 9 nitrogen and oxygen atoms in total.